The molecular formula is C19H19NO6S2. The first kappa shape index (κ1) is 20.0. The first-order valence-electron chi connectivity index (χ1n) is 8.39. The maximum atomic E-state index is 11.2. The maximum Gasteiger partial charge on any atom is 0.307 e. The molecule has 0 fully saturated rings. The number of aromatic amines is 1. The van der Waals surface area contributed by atoms with Gasteiger partial charge in [0.1, 0.15) is 11.5 Å². The number of ether oxygens (including phenoxy) is 1. The normalized spacial score (nSPS) is 11.3. The number of hydrogen-bond acceptors (Lipinski definition) is 7. The van der Waals surface area contributed by atoms with E-state index in [0.29, 0.717) is 30.1 Å². The van der Waals surface area contributed by atoms with Gasteiger partial charge in [0, 0.05) is 12.8 Å². The molecule has 1 aromatic heterocycles. The number of rotatable bonds is 8. The largest absolute Gasteiger partial charge is 0.494 e. The lowest BCUT2D eigenvalue weighted by Crippen LogP contribution is -2.06. The fourth-order valence-corrected chi connectivity index (χ4v) is 3.75. The minimum Gasteiger partial charge on any atom is -0.494 e. The third kappa shape index (κ3) is 5.86. The van der Waals surface area contributed by atoms with Crippen LogP contribution in [0.1, 0.15) is 16.0 Å². The molecule has 0 amide bonds. The van der Waals surface area contributed by atoms with Gasteiger partial charge < -0.3 is 14.0 Å². The van der Waals surface area contributed by atoms with Crippen LogP contribution in [0.5, 0.6) is 17.4 Å². The summed E-state index contributed by atoms with van der Waals surface area (Å²) >= 11 is 0.994. The lowest BCUT2D eigenvalue weighted by molar-refractivity contribution is 0.322. The van der Waals surface area contributed by atoms with Crippen LogP contribution in [-0.4, -0.2) is 31.4 Å². The van der Waals surface area contributed by atoms with E-state index in [1.54, 1.807) is 24.3 Å². The van der Waals surface area contributed by atoms with Crippen molar-refractivity contribution in [3.05, 3.63) is 74.2 Å². The Kier molecular flexibility index (Phi) is 6.05. The summed E-state index contributed by atoms with van der Waals surface area (Å²) in [5.74, 6) is 0.914. The van der Waals surface area contributed by atoms with E-state index in [-0.39, 0.29) is 16.5 Å². The van der Waals surface area contributed by atoms with Gasteiger partial charge in [0.15, 0.2) is 0 Å². The third-order valence-corrected chi connectivity index (χ3v) is 5.19. The van der Waals surface area contributed by atoms with Gasteiger partial charge in [-0.3, -0.25) is 9.78 Å². The molecule has 0 aliphatic rings. The number of H-pyrrole nitrogens is 1. The molecule has 0 saturated heterocycles. The summed E-state index contributed by atoms with van der Waals surface area (Å²) in [7, 11) is -3.52. The summed E-state index contributed by atoms with van der Waals surface area (Å²) in [5.41, 5.74) is 1.95. The van der Waals surface area contributed by atoms with Crippen LogP contribution in [0.2, 0.25) is 0 Å². The second-order valence-corrected chi connectivity index (χ2v) is 8.78. The van der Waals surface area contributed by atoms with Crippen LogP contribution >= 0.6 is 11.3 Å². The van der Waals surface area contributed by atoms with Crippen molar-refractivity contribution in [1.29, 1.82) is 0 Å². The lowest BCUT2D eigenvalue weighted by Gasteiger charge is -2.08. The molecule has 0 bridgehead atoms. The predicted molar refractivity (Wildman–Crippen MR) is 107 cm³/mol. The Hall–Kier alpha value is -2.78. The highest BCUT2D eigenvalue weighted by molar-refractivity contribution is 7.86. The van der Waals surface area contributed by atoms with Crippen molar-refractivity contribution >= 4 is 21.5 Å². The Bertz CT molecular complexity index is 1080. The first-order valence-corrected chi connectivity index (χ1v) is 11.0. The standard InChI is InChI=1S/C19H19NO6S2/c1-28(23,24)26-16-8-2-13(3-9-16)10-11-25-15-6-4-14(5-7-15)12-17-18(21)20-19(22)27-17/h2-9,21H,10-12H2,1H3,(H,20,22). The van der Waals surface area contributed by atoms with E-state index in [9.17, 15) is 18.3 Å². The number of benzene rings is 2. The molecule has 148 valence electrons. The zero-order chi connectivity index (χ0) is 20.1. The van der Waals surface area contributed by atoms with E-state index >= 15 is 0 Å². The highest BCUT2D eigenvalue weighted by Crippen LogP contribution is 2.22. The van der Waals surface area contributed by atoms with E-state index in [4.69, 9.17) is 8.92 Å². The van der Waals surface area contributed by atoms with Crippen LogP contribution < -0.4 is 13.8 Å². The van der Waals surface area contributed by atoms with Crippen LogP contribution in [0.25, 0.3) is 0 Å². The van der Waals surface area contributed by atoms with Crippen molar-refractivity contribution in [2.45, 2.75) is 12.8 Å². The van der Waals surface area contributed by atoms with Gasteiger partial charge in [0.05, 0.1) is 17.7 Å². The van der Waals surface area contributed by atoms with Gasteiger partial charge in [0.2, 0.25) is 5.88 Å². The topological polar surface area (TPSA) is 106 Å². The van der Waals surface area contributed by atoms with E-state index in [1.807, 2.05) is 24.3 Å². The highest BCUT2D eigenvalue weighted by atomic mass is 32.2. The Balaban J connectivity index is 1.50. The van der Waals surface area contributed by atoms with E-state index < -0.39 is 10.1 Å². The van der Waals surface area contributed by atoms with Crippen LogP contribution in [0.15, 0.2) is 53.3 Å². The molecule has 0 unspecified atom stereocenters. The Morgan fingerprint density at radius 3 is 2.18 bits per heavy atom. The minimum atomic E-state index is -3.52. The molecule has 0 radical (unpaired) electrons. The molecule has 28 heavy (non-hydrogen) atoms. The second-order valence-electron chi connectivity index (χ2n) is 6.14. The average Bonchev–Trinajstić information content (AvgIpc) is 2.94. The highest BCUT2D eigenvalue weighted by Gasteiger charge is 2.08. The first-order chi connectivity index (χ1) is 13.3. The van der Waals surface area contributed by atoms with Gasteiger partial charge >= 0.3 is 15.0 Å². The van der Waals surface area contributed by atoms with Crippen LogP contribution in [0.4, 0.5) is 0 Å². The third-order valence-electron chi connectivity index (χ3n) is 3.82. The molecule has 2 aromatic carbocycles. The number of aromatic nitrogens is 1. The lowest BCUT2D eigenvalue weighted by atomic mass is 10.1. The Morgan fingerprint density at radius 1 is 1.00 bits per heavy atom. The Morgan fingerprint density at radius 2 is 1.61 bits per heavy atom. The van der Waals surface area contributed by atoms with Gasteiger partial charge in [-0.1, -0.05) is 35.6 Å². The molecule has 9 heteroatoms. The fraction of sp³-hybridized carbons (Fsp3) is 0.211. The molecule has 0 aliphatic carbocycles. The van der Waals surface area contributed by atoms with Gasteiger partial charge in [-0.25, -0.2) is 0 Å². The zero-order valence-electron chi connectivity index (χ0n) is 15.0. The van der Waals surface area contributed by atoms with Gasteiger partial charge in [-0.2, -0.15) is 8.42 Å². The quantitative estimate of drug-likeness (QED) is 0.542. The summed E-state index contributed by atoms with van der Waals surface area (Å²) < 4.78 is 32.7. The zero-order valence-corrected chi connectivity index (χ0v) is 16.7. The van der Waals surface area contributed by atoms with E-state index in [1.165, 1.54) is 0 Å². The molecular weight excluding hydrogens is 402 g/mol. The molecule has 0 atom stereocenters. The Labute approximate surface area is 166 Å². The smallest absolute Gasteiger partial charge is 0.307 e. The van der Waals surface area contributed by atoms with E-state index in [0.717, 1.165) is 28.7 Å². The average molecular weight is 421 g/mol. The second kappa shape index (κ2) is 8.49. The molecule has 0 saturated carbocycles. The number of nitrogens with one attached hydrogen (secondary N) is 1. The van der Waals surface area contributed by atoms with E-state index in [2.05, 4.69) is 4.98 Å². The summed E-state index contributed by atoms with van der Waals surface area (Å²) in [6.45, 7) is 0.464. The molecule has 7 nitrogen and oxygen atoms in total. The molecule has 1 heterocycles. The van der Waals surface area contributed by atoms with Gasteiger partial charge in [-0.05, 0) is 35.4 Å². The van der Waals surface area contributed by atoms with Crippen molar-refractivity contribution in [2.75, 3.05) is 12.9 Å². The summed E-state index contributed by atoms with van der Waals surface area (Å²) in [5, 5.41) is 9.64. The minimum absolute atomic E-state index is 0.0803. The summed E-state index contributed by atoms with van der Waals surface area (Å²) in [6, 6.07) is 14.2. The molecule has 3 rings (SSSR count). The van der Waals surface area contributed by atoms with Gasteiger partial charge in [0.25, 0.3) is 0 Å². The van der Waals surface area contributed by atoms with Crippen LogP contribution in [-0.2, 0) is 23.0 Å². The van der Waals surface area contributed by atoms with Crippen molar-refractivity contribution in [3.8, 4) is 17.4 Å². The number of thiazole rings is 1. The maximum absolute atomic E-state index is 11.2. The van der Waals surface area contributed by atoms with Crippen molar-refractivity contribution in [3.63, 3.8) is 0 Å². The summed E-state index contributed by atoms with van der Waals surface area (Å²) in [4.78, 5) is 13.9. The molecule has 3 aromatic rings. The number of aromatic hydroxyl groups is 1. The van der Waals surface area contributed by atoms with Crippen molar-refractivity contribution in [1.82, 2.24) is 4.98 Å². The van der Waals surface area contributed by atoms with Crippen LogP contribution in [0.3, 0.4) is 0 Å². The van der Waals surface area contributed by atoms with Crippen molar-refractivity contribution in [2.24, 2.45) is 0 Å². The summed E-state index contributed by atoms with van der Waals surface area (Å²) in [6.07, 6.45) is 2.13. The van der Waals surface area contributed by atoms with Crippen molar-refractivity contribution < 1.29 is 22.4 Å². The SMILES string of the molecule is CS(=O)(=O)Oc1ccc(CCOc2ccc(Cc3sc(=O)[nH]c3O)cc2)cc1. The predicted octanol–water partition coefficient (Wildman–Crippen LogP) is 2.69. The van der Waals surface area contributed by atoms with Gasteiger partial charge in [-0.15, -0.1) is 0 Å². The molecule has 0 aliphatic heterocycles. The molecule has 2 N–H and O–H groups in total. The molecule has 0 spiro atoms. The fourth-order valence-electron chi connectivity index (χ4n) is 2.53. The number of hydrogen-bond donors (Lipinski definition) is 2. The monoisotopic (exact) mass is 421 g/mol. The van der Waals surface area contributed by atoms with Crippen LogP contribution in [0, 0.1) is 0 Å².